The smallest absolute Gasteiger partial charge is 0.326 e. The second-order valence-electron chi connectivity index (χ2n) is 7.45. The van der Waals surface area contributed by atoms with E-state index in [4.69, 9.17) is 4.74 Å². The number of esters is 1. The Bertz CT molecular complexity index is 1320. The highest BCUT2D eigenvalue weighted by Gasteiger charge is 2.36. The molecule has 0 radical (unpaired) electrons. The van der Waals surface area contributed by atoms with Gasteiger partial charge in [0.1, 0.15) is 13.1 Å². The van der Waals surface area contributed by atoms with Crippen LogP contribution in [0.15, 0.2) is 41.4 Å². The molecule has 1 aliphatic rings. The van der Waals surface area contributed by atoms with Crippen molar-refractivity contribution >= 4 is 45.2 Å². The number of aromatic nitrogens is 1. The van der Waals surface area contributed by atoms with Crippen LogP contribution in [0.3, 0.4) is 0 Å². The summed E-state index contributed by atoms with van der Waals surface area (Å²) in [6.07, 6.45) is 0. The molecule has 0 saturated carbocycles. The van der Waals surface area contributed by atoms with Crippen molar-refractivity contribution in [2.24, 2.45) is 4.99 Å². The molecule has 2 aromatic carbocycles. The summed E-state index contributed by atoms with van der Waals surface area (Å²) in [5.41, 5.74) is 3.32. The number of ether oxygens (including phenoxy) is 1. The minimum absolute atomic E-state index is 0.100. The zero-order valence-corrected chi connectivity index (χ0v) is 18.7. The molecule has 0 bridgehead atoms. The van der Waals surface area contributed by atoms with Crippen molar-refractivity contribution in [1.29, 1.82) is 0 Å². The van der Waals surface area contributed by atoms with Crippen LogP contribution in [-0.2, 0) is 20.9 Å². The Morgan fingerprint density at radius 3 is 2.31 bits per heavy atom. The Labute approximate surface area is 187 Å². The molecule has 32 heavy (non-hydrogen) atoms. The van der Waals surface area contributed by atoms with Crippen molar-refractivity contribution in [3.63, 3.8) is 0 Å². The lowest BCUT2D eigenvalue weighted by molar-refractivity contribution is -0.143. The van der Waals surface area contributed by atoms with E-state index in [9.17, 15) is 19.2 Å². The van der Waals surface area contributed by atoms with E-state index in [-0.39, 0.29) is 24.3 Å². The van der Waals surface area contributed by atoms with Crippen molar-refractivity contribution in [2.75, 3.05) is 13.2 Å². The largest absolute Gasteiger partial charge is 0.465 e. The fraction of sp³-hybridized carbons (Fsp3) is 0.261. The monoisotopic (exact) mass is 451 g/mol. The molecule has 2 heterocycles. The van der Waals surface area contributed by atoms with Gasteiger partial charge in [-0.05, 0) is 50.1 Å². The minimum Gasteiger partial charge on any atom is -0.465 e. The third kappa shape index (κ3) is 3.87. The fourth-order valence-electron chi connectivity index (χ4n) is 3.82. The summed E-state index contributed by atoms with van der Waals surface area (Å²) in [7, 11) is 0. The number of hydrogen-bond donors (Lipinski definition) is 0. The van der Waals surface area contributed by atoms with E-state index >= 15 is 0 Å². The van der Waals surface area contributed by atoms with Crippen LogP contribution in [0.25, 0.3) is 10.2 Å². The maximum absolute atomic E-state index is 12.8. The molecular formula is C23H21N3O5S. The Kier molecular flexibility index (Phi) is 5.75. The molecule has 1 aromatic heterocycles. The molecule has 3 amide bonds. The highest BCUT2D eigenvalue weighted by atomic mass is 32.1. The first kappa shape index (κ1) is 21.6. The number of benzene rings is 2. The number of carbonyl (C=O) groups is 4. The predicted molar refractivity (Wildman–Crippen MR) is 118 cm³/mol. The van der Waals surface area contributed by atoms with Crippen molar-refractivity contribution in [3.05, 3.63) is 63.5 Å². The first-order valence-electron chi connectivity index (χ1n) is 10.1. The van der Waals surface area contributed by atoms with Gasteiger partial charge >= 0.3 is 5.97 Å². The van der Waals surface area contributed by atoms with Crippen molar-refractivity contribution in [3.8, 4) is 0 Å². The Morgan fingerprint density at radius 2 is 1.69 bits per heavy atom. The predicted octanol–water partition coefficient (Wildman–Crippen LogP) is 2.61. The zero-order chi connectivity index (χ0) is 23.0. The Balaban J connectivity index is 1.71. The van der Waals surface area contributed by atoms with Gasteiger partial charge in [0.15, 0.2) is 4.80 Å². The number of fused-ring (bicyclic) bond motifs is 2. The number of aryl methyl sites for hydroxylation is 2. The summed E-state index contributed by atoms with van der Waals surface area (Å²) in [4.78, 5) is 55.4. The van der Waals surface area contributed by atoms with Gasteiger partial charge in [0, 0.05) is 0 Å². The summed E-state index contributed by atoms with van der Waals surface area (Å²) in [6.45, 7) is 5.28. The average Bonchev–Trinajstić information content (AvgIpc) is 3.18. The first-order chi connectivity index (χ1) is 15.3. The Morgan fingerprint density at radius 1 is 1.03 bits per heavy atom. The van der Waals surface area contributed by atoms with E-state index < -0.39 is 30.2 Å². The normalized spacial score (nSPS) is 13.7. The lowest BCUT2D eigenvalue weighted by atomic mass is 10.1. The molecule has 0 atom stereocenters. The summed E-state index contributed by atoms with van der Waals surface area (Å²) >= 11 is 1.27. The maximum atomic E-state index is 12.8. The number of hydrogen-bond acceptors (Lipinski definition) is 6. The highest BCUT2D eigenvalue weighted by molar-refractivity contribution is 7.16. The molecule has 0 fully saturated rings. The summed E-state index contributed by atoms with van der Waals surface area (Å²) < 4.78 is 7.60. The summed E-state index contributed by atoms with van der Waals surface area (Å²) in [5.74, 6) is -2.13. The van der Waals surface area contributed by atoms with Crippen LogP contribution < -0.4 is 4.80 Å². The first-order valence-corrected chi connectivity index (χ1v) is 10.9. The second-order valence-corrected chi connectivity index (χ2v) is 8.46. The number of nitrogens with zero attached hydrogens (tertiary/aromatic N) is 3. The average molecular weight is 452 g/mol. The number of imide groups is 1. The number of rotatable bonds is 5. The fourth-order valence-corrected chi connectivity index (χ4v) is 5.04. The quantitative estimate of drug-likeness (QED) is 0.439. The van der Waals surface area contributed by atoms with Crippen molar-refractivity contribution < 1.29 is 23.9 Å². The summed E-state index contributed by atoms with van der Waals surface area (Å²) in [5, 5.41) is 0. The van der Waals surface area contributed by atoms with E-state index in [1.807, 2.05) is 26.0 Å². The second kappa shape index (κ2) is 8.51. The van der Waals surface area contributed by atoms with Crippen LogP contribution in [0.5, 0.6) is 0 Å². The zero-order valence-electron chi connectivity index (χ0n) is 17.9. The molecule has 1 aliphatic heterocycles. The van der Waals surface area contributed by atoms with E-state index in [2.05, 4.69) is 4.99 Å². The third-order valence-electron chi connectivity index (χ3n) is 5.10. The van der Waals surface area contributed by atoms with Gasteiger partial charge in [-0.2, -0.15) is 4.99 Å². The van der Waals surface area contributed by atoms with Gasteiger partial charge < -0.3 is 9.30 Å². The molecule has 0 N–H and O–H groups in total. The molecule has 0 aliphatic carbocycles. The number of thiazole rings is 1. The summed E-state index contributed by atoms with van der Waals surface area (Å²) in [6, 6.07) is 10.4. The molecule has 3 aromatic rings. The van der Waals surface area contributed by atoms with Gasteiger partial charge in [0.2, 0.25) is 0 Å². The van der Waals surface area contributed by atoms with Crippen LogP contribution in [0.4, 0.5) is 0 Å². The molecule has 0 unspecified atom stereocenters. The molecule has 164 valence electrons. The van der Waals surface area contributed by atoms with E-state index in [1.165, 1.54) is 11.3 Å². The molecule has 9 heteroatoms. The van der Waals surface area contributed by atoms with Crippen molar-refractivity contribution in [2.45, 2.75) is 27.3 Å². The SMILES string of the molecule is CCOC(=O)Cn1c(=NC(=O)CN2C(=O)c3ccccc3C2=O)sc2cc(C)cc(C)c21. The van der Waals surface area contributed by atoms with Crippen LogP contribution >= 0.6 is 11.3 Å². The van der Waals surface area contributed by atoms with Gasteiger partial charge in [-0.15, -0.1) is 0 Å². The molecular weight excluding hydrogens is 430 g/mol. The van der Waals surface area contributed by atoms with Crippen LogP contribution in [0.2, 0.25) is 0 Å². The van der Waals surface area contributed by atoms with Crippen LogP contribution in [0, 0.1) is 13.8 Å². The van der Waals surface area contributed by atoms with Crippen molar-refractivity contribution in [1.82, 2.24) is 9.47 Å². The molecule has 8 nitrogen and oxygen atoms in total. The number of carbonyl (C=O) groups excluding carboxylic acids is 4. The maximum Gasteiger partial charge on any atom is 0.326 e. The van der Waals surface area contributed by atoms with Crippen LogP contribution in [-0.4, -0.2) is 46.3 Å². The van der Waals surface area contributed by atoms with E-state index in [1.54, 1.807) is 35.8 Å². The molecule has 4 rings (SSSR count). The number of amides is 3. The molecule has 0 saturated heterocycles. The third-order valence-corrected chi connectivity index (χ3v) is 6.12. The minimum atomic E-state index is -0.655. The highest BCUT2D eigenvalue weighted by Crippen LogP contribution is 2.24. The standard InChI is InChI=1S/C23H21N3O5S/c1-4-31-19(28)12-25-20-14(3)9-13(2)10-17(20)32-23(25)24-18(27)11-26-21(29)15-7-5-6-8-16(15)22(26)30/h5-10H,4,11-12H2,1-3H3. The van der Waals surface area contributed by atoms with E-state index in [0.29, 0.717) is 4.80 Å². The molecule has 0 spiro atoms. The van der Waals surface area contributed by atoms with Gasteiger partial charge in [-0.25, -0.2) is 0 Å². The van der Waals surface area contributed by atoms with Gasteiger partial charge in [-0.1, -0.05) is 29.5 Å². The van der Waals surface area contributed by atoms with E-state index in [0.717, 1.165) is 26.2 Å². The van der Waals surface area contributed by atoms with Gasteiger partial charge in [0.25, 0.3) is 17.7 Å². The topological polar surface area (TPSA) is 98.0 Å². The van der Waals surface area contributed by atoms with Gasteiger partial charge in [-0.3, -0.25) is 24.1 Å². The Hall–Kier alpha value is -3.59. The lowest BCUT2D eigenvalue weighted by Gasteiger charge is -2.10. The van der Waals surface area contributed by atoms with Crippen LogP contribution in [0.1, 0.15) is 38.8 Å². The van der Waals surface area contributed by atoms with Gasteiger partial charge in [0.05, 0.1) is 28.0 Å². The lowest BCUT2D eigenvalue weighted by Crippen LogP contribution is -2.35.